The highest BCUT2D eigenvalue weighted by atomic mass is 16.7. The van der Waals surface area contributed by atoms with Crippen LogP contribution in [0.5, 0.6) is 5.75 Å². The maximum Gasteiger partial charge on any atom is 0.295 e. The molecule has 0 spiro atoms. The summed E-state index contributed by atoms with van der Waals surface area (Å²) < 4.78 is 1.81. The van der Waals surface area contributed by atoms with Crippen LogP contribution in [0.3, 0.4) is 0 Å². The molecule has 0 N–H and O–H groups in total. The Bertz CT molecular complexity index is 962. The molecule has 0 unspecified atom stereocenters. The van der Waals surface area contributed by atoms with Gasteiger partial charge in [-0.1, -0.05) is 36.3 Å². The van der Waals surface area contributed by atoms with Gasteiger partial charge in [-0.2, -0.15) is 5.10 Å². The molecule has 1 aliphatic rings. The third kappa shape index (κ3) is 2.75. The van der Waals surface area contributed by atoms with Gasteiger partial charge in [0, 0.05) is 12.4 Å². The van der Waals surface area contributed by atoms with Crippen LogP contribution in [0.2, 0.25) is 0 Å². The van der Waals surface area contributed by atoms with Crippen molar-refractivity contribution in [2.24, 2.45) is 0 Å². The topological polar surface area (TPSA) is 64.4 Å². The van der Waals surface area contributed by atoms with Crippen molar-refractivity contribution >= 4 is 11.8 Å². The zero-order valence-corrected chi connectivity index (χ0v) is 14.3. The van der Waals surface area contributed by atoms with Gasteiger partial charge in [-0.15, -0.1) is 0 Å². The molecule has 2 amide bonds. The lowest BCUT2D eigenvalue weighted by Gasteiger charge is -2.14. The predicted molar refractivity (Wildman–Crippen MR) is 94.7 cm³/mol. The van der Waals surface area contributed by atoms with Crippen molar-refractivity contribution in [2.45, 2.75) is 19.9 Å². The number of hydroxylamine groups is 2. The van der Waals surface area contributed by atoms with Gasteiger partial charge in [-0.3, -0.25) is 14.3 Å². The lowest BCUT2D eigenvalue weighted by Crippen LogP contribution is -2.33. The molecule has 2 heterocycles. The second kappa shape index (κ2) is 6.48. The summed E-state index contributed by atoms with van der Waals surface area (Å²) >= 11 is 0. The number of hydrogen-bond acceptors (Lipinski definition) is 4. The summed E-state index contributed by atoms with van der Waals surface area (Å²) in [6, 6.07) is 14.4. The van der Waals surface area contributed by atoms with Crippen LogP contribution in [0.15, 0.2) is 60.9 Å². The maximum atomic E-state index is 12.6. The number of carbonyl (C=O) groups is 2. The van der Waals surface area contributed by atoms with Crippen LogP contribution in [0.1, 0.15) is 38.8 Å². The average molecular weight is 347 g/mol. The van der Waals surface area contributed by atoms with Crippen LogP contribution in [-0.4, -0.2) is 26.7 Å². The van der Waals surface area contributed by atoms with E-state index in [9.17, 15) is 9.59 Å². The smallest absolute Gasteiger partial charge is 0.295 e. The summed E-state index contributed by atoms with van der Waals surface area (Å²) in [5.41, 5.74) is 2.72. The van der Waals surface area contributed by atoms with Crippen LogP contribution in [0.4, 0.5) is 0 Å². The Labute approximate surface area is 150 Å². The molecule has 0 saturated carbocycles. The van der Waals surface area contributed by atoms with Crippen molar-refractivity contribution in [3.63, 3.8) is 0 Å². The van der Waals surface area contributed by atoms with Crippen molar-refractivity contribution in [2.75, 3.05) is 0 Å². The molecule has 6 nitrogen and oxygen atoms in total. The fourth-order valence-corrected chi connectivity index (χ4v) is 3.05. The molecule has 0 fully saturated rings. The Morgan fingerprint density at radius 1 is 1.00 bits per heavy atom. The van der Waals surface area contributed by atoms with Crippen LogP contribution < -0.4 is 4.84 Å². The molecule has 4 rings (SSSR count). The van der Waals surface area contributed by atoms with E-state index >= 15 is 0 Å². The first kappa shape index (κ1) is 16.1. The number of aryl methyl sites for hydroxylation is 1. The Kier molecular flexibility index (Phi) is 4.01. The monoisotopic (exact) mass is 347 g/mol. The van der Waals surface area contributed by atoms with Gasteiger partial charge in [-0.25, -0.2) is 0 Å². The van der Waals surface area contributed by atoms with E-state index in [1.54, 1.807) is 30.5 Å². The third-order valence-corrected chi connectivity index (χ3v) is 4.37. The molecule has 26 heavy (non-hydrogen) atoms. The maximum absolute atomic E-state index is 12.6. The summed E-state index contributed by atoms with van der Waals surface area (Å²) in [5, 5.41) is 5.00. The molecular weight excluding hydrogens is 330 g/mol. The van der Waals surface area contributed by atoms with E-state index in [-0.39, 0.29) is 0 Å². The second-order valence-corrected chi connectivity index (χ2v) is 6.04. The van der Waals surface area contributed by atoms with Gasteiger partial charge < -0.3 is 4.84 Å². The van der Waals surface area contributed by atoms with Gasteiger partial charge in [0.05, 0.1) is 17.7 Å². The average Bonchev–Trinajstić information content (AvgIpc) is 3.26. The minimum atomic E-state index is -0.430. The molecule has 0 radical (unpaired) electrons. The van der Waals surface area contributed by atoms with Gasteiger partial charge in [-0.05, 0) is 41.8 Å². The fraction of sp³-hybridized carbons (Fsp3) is 0.150. The SMILES string of the molecule is CCc1cccc2c1C(=O)N(Oc1ccc(Cn3cccn3)cc1)C2=O. The number of benzene rings is 2. The molecule has 0 saturated heterocycles. The molecule has 130 valence electrons. The molecule has 1 aliphatic heterocycles. The van der Waals surface area contributed by atoms with Crippen LogP contribution >= 0.6 is 0 Å². The first-order valence-corrected chi connectivity index (χ1v) is 8.42. The number of imide groups is 1. The highest BCUT2D eigenvalue weighted by Gasteiger charge is 2.39. The number of amides is 2. The molecule has 6 heteroatoms. The van der Waals surface area contributed by atoms with E-state index in [4.69, 9.17) is 4.84 Å². The predicted octanol–water partition coefficient (Wildman–Crippen LogP) is 3.08. The van der Waals surface area contributed by atoms with E-state index < -0.39 is 11.8 Å². The van der Waals surface area contributed by atoms with Gasteiger partial charge in [0.2, 0.25) is 0 Å². The van der Waals surface area contributed by atoms with E-state index in [0.717, 1.165) is 16.2 Å². The second-order valence-electron chi connectivity index (χ2n) is 6.04. The normalized spacial score (nSPS) is 13.2. The lowest BCUT2D eigenvalue weighted by molar-refractivity contribution is -0.0141. The van der Waals surface area contributed by atoms with Gasteiger partial charge in [0.1, 0.15) is 0 Å². The minimum absolute atomic E-state index is 0.393. The zero-order chi connectivity index (χ0) is 18.1. The highest BCUT2D eigenvalue weighted by molar-refractivity contribution is 6.21. The van der Waals surface area contributed by atoms with Gasteiger partial charge in [0.15, 0.2) is 5.75 Å². The van der Waals surface area contributed by atoms with Gasteiger partial charge >= 0.3 is 0 Å². The first-order chi connectivity index (χ1) is 12.7. The standard InChI is InChI=1S/C20H17N3O3/c1-2-15-5-3-6-17-18(15)20(25)23(19(17)24)26-16-9-7-14(8-10-16)13-22-12-4-11-21-22/h3-12H,2,13H2,1H3. The lowest BCUT2D eigenvalue weighted by atomic mass is 10.0. The van der Waals surface area contributed by atoms with E-state index in [0.29, 0.717) is 29.8 Å². The fourth-order valence-electron chi connectivity index (χ4n) is 3.05. The third-order valence-electron chi connectivity index (χ3n) is 4.37. The number of carbonyl (C=O) groups excluding carboxylic acids is 2. The number of rotatable bonds is 5. The molecule has 3 aromatic rings. The number of hydrogen-bond donors (Lipinski definition) is 0. The Morgan fingerprint density at radius 2 is 1.81 bits per heavy atom. The van der Waals surface area contributed by atoms with Gasteiger partial charge in [0.25, 0.3) is 11.8 Å². The Morgan fingerprint density at radius 3 is 2.50 bits per heavy atom. The van der Waals surface area contributed by atoms with E-state index in [1.165, 1.54) is 0 Å². The molecule has 1 aromatic heterocycles. The summed E-state index contributed by atoms with van der Waals surface area (Å²) in [6.07, 6.45) is 4.29. The summed E-state index contributed by atoms with van der Waals surface area (Å²) in [4.78, 5) is 30.7. The van der Waals surface area contributed by atoms with E-state index in [1.807, 2.05) is 42.1 Å². The van der Waals surface area contributed by atoms with Crippen LogP contribution in [0, 0.1) is 0 Å². The van der Waals surface area contributed by atoms with Crippen LogP contribution in [-0.2, 0) is 13.0 Å². The van der Waals surface area contributed by atoms with Crippen molar-refractivity contribution < 1.29 is 14.4 Å². The summed E-state index contributed by atoms with van der Waals surface area (Å²) in [5.74, 6) is -0.411. The number of aromatic nitrogens is 2. The summed E-state index contributed by atoms with van der Waals surface area (Å²) in [6.45, 7) is 2.59. The molecular formula is C20H17N3O3. The Hall–Kier alpha value is -3.41. The zero-order valence-electron chi connectivity index (χ0n) is 14.3. The summed E-state index contributed by atoms with van der Waals surface area (Å²) in [7, 11) is 0. The number of fused-ring (bicyclic) bond motifs is 1. The highest BCUT2D eigenvalue weighted by Crippen LogP contribution is 2.28. The van der Waals surface area contributed by atoms with E-state index in [2.05, 4.69) is 5.10 Å². The van der Waals surface area contributed by atoms with Crippen molar-refractivity contribution in [3.8, 4) is 5.75 Å². The largest absolute Gasteiger partial charge is 0.368 e. The molecule has 2 aromatic carbocycles. The van der Waals surface area contributed by atoms with Crippen molar-refractivity contribution in [1.82, 2.24) is 14.8 Å². The van der Waals surface area contributed by atoms with Crippen molar-refractivity contribution in [3.05, 3.63) is 83.2 Å². The van der Waals surface area contributed by atoms with Crippen molar-refractivity contribution in [1.29, 1.82) is 0 Å². The van der Waals surface area contributed by atoms with Crippen LogP contribution in [0.25, 0.3) is 0 Å². The molecule has 0 atom stereocenters. The molecule has 0 aliphatic carbocycles. The first-order valence-electron chi connectivity index (χ1n) is 8.42. The quantitative estimate of drug-likeness (QED) is 0.665. The molecule has 0 bridgehead atoms. The minimum Gasteiger partial charge on any atom is -0.368 e. The number of nitrogens with zero attached hydrogens (tertiary/aromatic N) is 3. The Balaban J connectivity index is 1.53.